The highest BCUT2D eigenvalue weighted by Gasteiger charge is 2.22. The lowest BCUT2D eigenvalue weighted by Gasteiger charge is -2.29. The Balaban J connectivity index is 1.91. The Bertz CT molecular complexity index is 1150. The molecule has 0 fully saturated rings. The standard InChI is InChI=1S/C24H24ClN3S/c1-15(2)28(13-18-8-6-5-7-9-18)22-21-20(14-29-23(21)27-24(25)26-22)19-11-10-16(3)12-17(19)4/h5-12,14-15H,13H2,1-4H3. The van der Waals surface area contributed by atoms with Crippen molar-refractivity contribution in [2.75, 3.05) is 4.90 Å². The van der Waals surface area contributed by atoms with Gasteiger partial charge in [0.2, 0.25) is 5.28 Å². The molecule has 0 unspecified atom stereocenters. The van der Waals surface area contributed by atoms with Crippen LogP contribution in [0.25, 0.3) is 21.3 Å². The zero-order valence-corrected chi connectivity index (χ0v) is 18.7. The molecule has 0 spiro atoms. The van der Waals surface area contributed by atoms with Crippen molar-refractivity contribution in [2.24, 2.45) is 0 Å². The Morgan fingerprint density at radius 3 is 2.45 bits per heavy atom. The highest BCUT2D eigenvalue weighted by molar-refractivity contribution is 7.17. The van der Waals surface area contributed by atoms with E-state index >= 15 is 0 Å². The van der Waals surface area contributed by atoms with Gasteiger partial charge < -0.3 is 4.90 Å². The van der Waals surface area contributed by atoms with Crippen molar-refractivity contribution in [1.29, 1.82) is 0 Å². The smallest absolute Gasteiger partial charge is 0.225 e. The van der Waals surface area contributed by atoms with Crippen molar-refractivity contribution in [3.05, 3.63) is 75.9 Å². The molecule has 0 bridgehead atoms. The van der Waals surface area contributed by atoms with Gasteiger partial charge in [0.15, 0.2) is 0 Å². The van der Waals surface area contributed by atoms with Crippen molar-refractivity contribution in [2.45, 2.75) is 40.3 Å². The second kappa shape index (κ2) is 8.13. The largest absolute Gasteiger partial charge is 0.349 e. The Hall–Kier alpha value is -2.43. The third-order valence-corrected chi connectivity index (χ3v) is 6.19. The van der Waals surface area contributed by atoms with Crippen molar-refractivity contribution < 1.29 is 0 Å². The molecule has 4 rings (SSSR count). The van der Waals surface area contributed by atoms with Crippen LogP contribution in [0.4, 0.5) is 5.82 Å². The summed E-state index contributed by atoms with van der Waals surface area (Å²) in [5, 5.41) is 3.55. The number of fused-ring (bicyclic) bond motifs is 1. The van der Waals surface area contributed by atoms with E-state index in [1.807, 2.05) is 6.07 Å². The van der Waals surface area contributed by atoms with Gasteiger partial charge in [-0.05, 0) is 56.0 Å². The van der Waals surface area contributed by atoms with Crippen LogP contribution in [-0.4, -0.2) is 16.0 Å². The molecule has 0 aliphatic heterocycles. The molecule has 0 amide bonds. The van der Waals surface area contributed by atoms with Crippen LogP contribution in [-0.2, 0) is 6.54 Å². The van der Waals surface area contributed by atoms with Gasteiger partial charge in [-0.25, -0.2) is 4.98 Å². The minimum absolute atomic E-state index is 0.260. The molecule has 0 atom stereocenters. The first kappa shape index (κ1) is 19.9. The van der Waals surface area contributed by atoms with E-state index in [1.165, 1.54) is 27.8 Å². The molecule has 2 aromatic carbocycles. The summed E-state index contributed by atoms with van der Waals surface area (Å²) in [5.41, 5.74) is 6.15. The van der Waals surface area contributed by atoms with Gasteiger partial charge >= 0.3 is 0 Å². The third kappa shape index (κ3) is 4.00. The third-order valence-electron chi connectivity index (χ3n) is 5.15. The molecule has 5 heteroatoms. The van der Waals surface area contributed by atoms with Gasteiger partial charge in [-0.15, -0.1) is 11.3 Å². The fourth-order valence-electron chi connectivity index (χ4n) is 3.70. The summed E-state index contributed by atoms with van der Waals surface area (Å²) in [6.45, 7) is 9.43. The summed E-state index contributed by atoms with van der Waals surface area (Å²) in [5.74, 6) is 0.898. The molecule has 2 aromatic heterocycles. The average Bonchev–Trinajstić information content (AvgIpc) is 3.09. The summed E-state index contributed by atoms with van der Waals surface area (Å²) in [6.07, 6.45) is 0. The highest BCUT2D eigenvalue weighted by Crippen LogP contribution is 2.41. The molecule has 4 aromatic rings. The number of aromatic nitrogens is 2. The summed E-state index contributed by atoms with van der Waals surface area (Å²) >= 11 is 7.96. The lowest BCUT2D eigenvalue weighted by molar-refractivity contribution is 0.675. The monoisotopic (exact) mass is 421 g/mol. The number of anilines is 1. The first-order chi connectivity index (χ1) is 13.9. The van der Waals surface area contributed by atoms with E-state index in [4.69, 9.17) is 16.6 Å². The zero-order valence-electron chi connectivity index (χ0n) is 17.1. The van der Waals surface area contributed by atoms with E-state index in [9.17, 15) is 0 Å². The van der Waals surface area contributed by atoms with E-state index in [-0.39, 0.29) is 6.04 Å². The van der Waals surface area contributed by atoms with Crippen LogP contribution in [0.5, 0.6) is 0 Å². The fraction of sp³-hybridized carbons (Fsp3) is 0.250. The van der Waals surface area contributed by atoms with Crippen molar-refractivity contribution >= 4 is 39.0 Å². The Labute approximate surface area is 181 Å². The molecular formula is C24H24ClN3S. The molecular weight excluding hydrogens is 398 g/mol. The van der Waals surface area contributed by atoms with Gasteiger partial charge in [0.25, 0.3) is 0 Å². The molecule has 0 aliphatic carbocycles. The van der Waals surface area contributed by atoms with Gasteiger partial charge in [-0.2, -0.15) is 4.98 Å². The lowest BCUT2D eigenvalue weighted by Crippen LogP contribution is -2.31. The van der Waals surface area contributed by atoms with Gasteiger partial charge in [0.05, 0.1) is 5.39 Å². The predicted molar refractivity (Wildman–Crippen MR) is 125 cm³/mol. The van der Waals surface area contributed by atoms with Crippen LogP contribution >= 0.6 is 22.9 Å². The molecule has 0 aliphatic rings. The Morgan fingerprint density at radius 1 is 1.00 bits per heavy atom. The molecule has 29 heavy (non-hydrogen) atoms. The summed E-state index contributed by atoms with van der Waals surface area (Å²) < 4.78 is 0. The number of rotatable bonds is 5. The topological polar surface area (TPSA) is 29.0 Å². The van der Waals surface area contributed by atoms with E-state index in [1.54, 1.807) is 11.3 Å². The van der Waals surface area contributed by atoms with Gasteiger partial charge in [-0.1, -0.05) is 54.1 Å². The van der Waals surface area contributed by atoms with Crippen LogP contribution in [0.2, 0.25) is 5.28 Å². The Kier molecular flexibility index (Phi) is 5.57. The average molecular weight is 422 g/mol. The van der Waals surface area contributed by atoms with Crippen LogP contribution < -0.4 is 4.90 Å². The fourth-order valence-corrected chi connectivity index (χ4v) is 4.85. The van der Waals surface area contributed by atoms with E-state index in [2.05, 4.69) is 85.4 Å². The normalized spacial score (nSPS) is 11.4. The van der Waals surface area contributed by atoms with E-state index in [0.29, 0.717) is 5.28 Å². The SMILES string of the molecule is Cc1ccc(-c2csc3nc(Cl)nc(N(Cc4ccccc4)C(C)C)c23)c(C)c1. The zero-order chi connectivity index (χ0) is 20.5. The van der Waals surface area contributed by atoms with Crippen molar-refractivity contribution in [1.82, 2.24) is 9.97 Å². The van der Waals surface area contributed by atoms with E-state index < -0.39 is 0 Å². The molecule has 0 N–H and O–H groups in total. The number of hydrogen-bond donors (Lipinski definition) is 0. The number of benzene rings is 2. The van der Waals surface area contributed by atoms with Crippen LogP contribution in [0.15, 0.2) is 53.9 Å². The minimum Gasteiger partial charge on any atom is -0.349 e. The van der Waals surface area contributed by atoms with Gasteiger partial charge in [0.1, 0.15) is 10.6 Å². The summed E-state index contributed by atoms with van der Waals surface area (Å²) in [6, 6.07) is 17.3. The number of hydrogen-bond acceptors (Lipinski definition) is 4. The highest BCUT2D eigenvalue weighted by atomic mass is 35.5. The molecule has 3 nitrogen and oxygen atoms in total. The van der Waals surface area contributed by atoms with Gasteiger partial charge in [0, 0.05) is 23.5 Å². The lowest BCUT2D eigenvalue weighted by atomic mass is 9.98. The maximum Gasteiger partial charge on any atom is 0.225 e. The predicted octanol–water partition coefficient (Wildman–Crippen LogP) is 7.04. The maximum atomic E-state index is 6.34. The molecule has 0 saturated carbocycles. The Morgan fingerprint density at radius 2 is 1.76 bits per heavy atom. The second-order valence-electron chi connectivity index (χ2n) is 7.67. The van der Waals surface area contributed by atoms with Gasteiger partial charge in [-0.3, -0.25) is 0 Å². The van der Waals surface area contributed by atoms with Crippen LogP contribution in [0, 0.1) is 13.8 Å². The minimum atomic E-state index is 0.260. The molecule has 0 radical (unpaired) electrons. The van der Waals surface area contributed by atoms with Crippen LogP contribution in [0.3, 0.4) is 0 Å². The summed E-state index contributed by atoms with van der Waals surface area (Å²) in [7, 11) is 0. The number of halogens is 1. The first-order valence-electron chi connectivity index (χ1n) is 9.77. The van der Waals surface area contributed by atoms with Crippen molar-refractivity contribution in [3.63, 3.8) is 0 Å². The quantitative estimate of drug-likeness (QED) is 0.323. The van der Waals surface area contributed by atoms with Crippen molar-refractivity contribution in [3.8, 4) is 11.1 Å². The number of aryl methyl sites for hydroxylation is 2. The molecule has 2 heterocycles. The molecule has 0 saturated heterocycles. The number of thiophene rings is 1. The number of nitrogens with zero attached hydrogens (tertiary/aromatic N) is 3. The summed E-state index contributed by atoms with van der Waals surface area (Å²) in [4.78, 5) is 12.5. The van der Waals surface area contributed by atoms with E-state index in [0.717, 1.165) is 22.6 Å². The van der Waals surface area contributed by atoms with Crippen LogP contribution in [0.1, 0.15) is 30.5 Å². The molecule has 148 valence electrons. The maximum absolute atomic E-state index is 6.34. The first-order valence-corrected chi connectivity index (χ1v) is 11.0. The second-order valence-corrected chi connectivity index (χ2v) is 8.87.